The number of rotatable bonds is 6. The first-order valence-electron chi connectivity index (χ1n) is 11.0. The van der Waals surface area contributed by atoms with Crippen LogP contribution in [-0.4, -0.2) is 44.8 Å². The first-order valence-corrected chi connectivity index (χ1v) is 11.0. The monoisotopic (exact) mass is 425 g/mol. The molecule has 4 rings (SSSR count). The van der Waals surface area contributed by atoms with Crippen LogP contribution in [0.25, 0.3) is 0 Å². The van der Waals surface area contributed by atoms with Crippen LogP contribution in [0.1, 0.15) is 48.1 Å². The first-order chi connectivity index (χ1) is 15.2. The molecule has 2 heterocycles. The van der Waals surface area contributed by atoms with E-state index in [0.29, 0.717) is 31.0 Å². The third-order valence-corrected chi connectivity index (χ3v) is 5.74. The highest BCUT2D eigenvalue weighted by Crippen LogP contribution is 2.33. The van der Waals surface area contributed by atoms with E-state index in [2.05, 4.69) is 17.4 Å². The maximum atomic E-state index is 12.8. The van der Waals surface area contributed by atoms with E-state index in [1.165, 1.54) is 4.90 Å². The summed E-state index contributed by atoms with van der Waals surface area (Å²) in [7, 11) is 0. The lowest BCUT2D eigenvalue weighted by atomic mass is 10.0. The molecule has 1 unspecified atom stereocenters. The molecule has 0 saturated carbocycles. The Bertz CT molecular complexity index is 945. The Morgan fingerprint density at radius 1 is 1.10 bits per heavy atom. The number of carbonyl (C=O) groups is 2. The fourth-order valence-corrected chi connectivity index (χ4v) is 4.30. The molecule has 2 N–H and O–H groups in total. The molecule has 0 aromatic heterocycles. The standard InChI is InChI=1S/C24H28N2O5/c1-2-29-24(28)18-7-3-4-8-19(18)25-23(27)16-26-12-5-9-20(26)17-10-11-21-22(15-17)31-14-6-13-30-21/h3-4,7-8,10-11,15,20H,2,5-6,9,12-14,16H2,1H3,(H,25,27)/p+1/t20-/m1/s1. The second-order valence-corrected chi connectivity index (χ2v) is 7.85. The number of anilines is 1. The second-order valence-electron chi connectivity index (χ2n) is 7.85. The number of likely N-dealkylation sites (tertiary alicyclic amines) is 1. The van der Waals surface area contributed by atoms with Crippen molar-refractivity contribution < 1.29 is 28.7 Å². The lowest BCUT2D eigenvalue weighted by Gasteiger charge is -2.22. The van der Waals surface area contributed by atoms with Gasteiger partial charge >= 0.3 is 5.97 Å². The summed E-state index contributed by atoms with van der Waals surface area (Å²) in [6.45, 7) is 4.62. The summed E-state index contributed by atoms with van der Waals surface area (Å²) < 4.78 is 16.7. The van der Waals surface area contributed by atoms with Gasteiger partial charge in [0.15, 0.2) is 18.0 Å². The minimum absolute atomic E-state index is 0.118. The molecule has 0 bridgehead atoms. The van der Waals surface area contributed by atoms with E-state index in [1.54, 1.807) is 31.2 Å². The molecule has 1 amide bonds. The molecule has 0 spiro atoms. The first kappa shape index (κ1) is 21.2. The summed E-state index contributed by atoms with van der Waals surface area (Å²) in [4.78, 5) is 26.2. The maximum absolute atomic E-state index is 12.8. The largest absolute Gasteiger partial charge is 0.490 e. The minimum atomic E-state index is -0.433. The van der Waals surface area contributed by atoms with Gasteiger partial charge in [-0.1, -0.05) is 12.1 Å². The van der Waals surface area contributed by atoms with Gasteiger partial charge < -0.3 is 24.4 Å². The van der Waals surface area contributed by atoms with Gasteiger partial charge in [0.2, 0.25) is 0 Å². The van der Waals surface area contributed by atoms with Crippen LogP contribution < -0.4 is 19.7 Å². The van der Waals surface area contributed by atoms with Crippen molar-refractivity contribution in [3.8, 4) is 11.5 Å². The van der Waals surface area contributed by atoms with Crippen LogP contribution >= 0.6 is 0 Å². The fourth-order valence-electron chi connectivity index (χ4n) is 4.30. The Kier molecular flexibility index (Phi) is 6.72. The van der Waals surface area contributed by atoms with Gasteiger partial charge in [0, 0.05) is 24.8 Å². The number of nitrogens with one attached hydrogen (secondary N) is 2. The summed E-state index contributed by atoms with van der Waals surface area (Å²) >= 11 is 0. The average molecular weight is 426 g/mol. The molecule has 2 aromatic rings. The van der Waals surface area contributed by atoms with Crippen LogP contribution in [-0.2, 0) is 9.53 Å². The zero-order chi connectivity index (χ0) is 21.6. The average Bonchev–Trinajstić information content (AvgIpc) is 3.09. The number of hydrogen-bond acceptors (Lipinski definition) is 5. The molecule has 2 aliphatic heterocycles. The normalized spacial score (nSPS) is 20.0. The van der Waals surface area contributed by atoms with Crippen LogP contribution in [0, 0.1) is 0 Å². The number of benzene rings is 2. The van der Waals surface area contributed by atoms with E-state index < -0.39 is 5.97 Å². The van der Waals surface area contributed by atoms with Crippen molar-refractivity contribution in [3.63, 3.8) is 0 Å². The number of amides is 1. The molecule has 1 saturated heterocycles. The second kappa shape index (κ2) is 9.83. The number of para-hydroxylation sites is 1. The number of carbonyl (C=O) groups excluding carboxylic acids is 2. The molecule has 7 nitrogen and oxygen atoms in total. The number of hydrogen-bond donors (Lipinski definition) is 2. The molecule has 1 fully saturated rings. The van der Waals surface area contributed by atoms with Crippen molar-refractivity contribution in [1.82, 2.24) is 0 Å². The van der Waals surface area contributed by atoms with Crippen molar-refractivity contribution >= 4 is 17.6 Å². The molecular weight excluding hydrogens is 396 g/mol. The summed E-state index contributed by atoms with van der Waals surface area (Å²) in [6.07, 6.45) is 2.95. The molecule has 0 radical (unpaired) electrons. The van der Waals surface area contributed by atoms with E-state index in [1.807, 2.05) is 6.07 Å². The Morgan fingerprint density at radius 2 is 1.90 bits per heavy atom. The van der Waals surface area contributed by atoms with Crippen molar-refractivity contribution in [2.24, 2.45) is 0 Å². The highest BCUT2D eigenvalue weighted by molar-refractivity contribution is 6.01. The lowest BCUT2D eigenvalue weighted by Crippen LogP contribution is -3.11. The van der Waals surface area contributed by atoms with Crippen LogP contribution in [0.15, 0.2) is 42.5 Å². The topological polar surface area (TPSA) is 78.3 Å². The molecule has 2 atom stereocenters. The van der Waals surface area contributed by atoms with E-state index in [4.69, 9.17) is 14.2 Å². The molecule has 31 heavy (non-hydrogen) atoms. The van der Waals surface area contributed by atoms with Gasteiger partial charge in [-0.2, -0.15) is 0 Å². The van der Waals surface area contributed by atoms with E-state index in [-0.39, 0.29) is 18.6 Å². The Labute approximate surface area is 182 Å². The Morgan fingerprint density at radius 3 is 2.74 bits per heavy atom. The van der Waals surface area contributed by atoms with Gasteiger partial charge in [0.1, 0.15) is 6.04 Å². The molecule has 164 valence electrons. The zero-order valence-electron chi connectivity index (χ0n) is 17.8. The van der Waals surface area contributed by atoms with Crippen LogP contribution in [0.3, 0.4) is 0 Å². The molecule has 2 aliphatic rings. The van der Waals surface area contributed by atoms with Gasteiger partial charge in [-0.3, -0.25) is 4.79 Å². The zero-order valence-corrected chi connectivity index (χ0v) is 17.8. The molecule has 0 aliphatic carbocycles. The summed E-state index contributed by atoms with van der Waals surface area (Å²) in [5.74, 6) is 1.02. The fraction of sp³-hybridized carbons (Fsp3) is 0.417. The Balaban J connectivity index is 1.44. The maximum Gasteiger partial charge on any atom is 0.340 e. The summed E-state index contributed by atoms with van der Waals surface area (Å²) in [5.41, 5.74) is 2.02. The molecular formula is C24H29N2O5+. The van der Waals surface area contributed by atoms with Crippen molar-refractivity contribution in [1.29, 1.82) is 0 Å². The number of ether oxygens (including phenoxy) is 3. The molecule has 2 aromatic carbocycles. The smallest absolute Gasteiger partial charge is 0.340 e. The van der Waals surface area contributed by atoms with Crippen molar-refractivity contribution in [3.05, 3.63) is 53.6 Å². The minimum Gasteiger partial charge on any atom is -0.490 e. The highest BCUT2D eigenvalue weighted by Gasteiger charge is 2.32. The summed E-state index contributed by atoms with van der Waals surface area (Å²) in [5, 5.41) is 2.90. The van der Waals surface area contributed by atoms with Crippen molar-refractivity contribution in [2.75, 3.05) is 38.2 Å². The molecule has 7 heteroatoms. The van der Waals surface area contributed by atoms with Crippen LogP contribution in [0.4, 0.5) is 5.69 Å². The highest BCUT2D eigenvalue weighted by atomic mass is 16.5. The van der Waals surface area contributed by atoms with E-state index >= 15 is 0 Å². The van der Waals surface area contributed by atoms with Crippen LogP contribution in [0.5, 0.6) is 11.5 Å². The SMILES string of the molecule is CCOC(=O)c1ccccc1NC(=O)C[NH+]1CCC[C@@H]1c1ccc2c(c1)OCCCO2. The summed E-state index contributed by atoms with van der Waals surface area (Å²) in [6, 6.07) is 13.3. The third-order valence-electron chi connectivity index (χ3n) is 5.74. The quantitative estimate of drug-likeness (QED) is 0.695. The van der Waals surface area contributed by atoms with Crippen molar-refractivity contribution in [2.45, 2.75) is 32.2 Å². The Hall–Kier alpha value is -3.06. The van der Waals surface area contributed by atoms with Gasteiger partial charge in [-0.05, 0) is 37.3 Å². The lowest BCUT2D eigenvalue weighted by molar-refractivity contribution is -0.910. The predicted molar refractivity (Wildman–Crippen MR) is 116 cm³/mol. The number of quaternary nitrogens is 1. The number of fused-ring (bicyclic) bond motifs is 1. The third kappa shape index (κ3) is 4.99. The van der Waals surface area contributed by atoms with Gasteiger partial charge in [-0.15, -0.1) is 0 Å². The predicted octanol–water partition coefficient (Wildman–Crippen LogP) is 2.38. The van der Waals surface area contributed by atoms with E-state index in [0.717, 1.165) is 42.9 Å². The van der Waals surface area contributed by atoms with E-state index in [9.17, 15) is 9.59 Å². The van der Waals surface area contributed by atoms with Gasteiger partial charge in [0.25, 0.3) is 5.91 Å². The van der Waals surface area contributed by atoms with Gasteiger partial charge in [-0.25, -0.2) is 4.79 Å². The van der Waals surface area contributed by atoms with Gasteiger partial charge in [0.05, 0.1) is 37.6 Å². The van der Waals surface area contributed by atoms with Crippen LogP contribution in [0.2, 0.25) is 0 Å². The number of esters is 1.